The summed E-state index contributed by atoms with van der Waals surface area (Å²) in [7, 11) is 0. The van der Waals surface area contributed by atoms with Crippen molar-refractivity contribution < 1.29 is 4.42 Å². The van der Waals surface area contributed by atoms with Crippen LogP contribution in [-0.4, -0.2) is 17.5 Å². The number of likely N-dealkylation sites (N-methyl/N-ethyl adjacent to an activating group) is 1. The van der Waals surface area contributed by atoms with Gasteiger partial charge < -0.3 is 4.42 Å². The van der Waals surface area contributed by atoms with Crippen LogP contribution >= 0.6 is 0 Å². The van der Waals surface area contributed by atoms with Crippen LogP contribution in [0.4, 0.5) is 0 Å². The molecule has 0 saturated heterocycles. The highest BCUT2D eigenvalue weighted by atomic mass is 16.3. The van der Waals surface area contributed by atoms with Gasteiger partial charge in [0.05, 0.1) is 0 Å². The molecule has 0 fully saturated rings. The topological polar surface area (TPSA) is 16.4 Å². The molecule has 1 atom stereocenters. The average Bonchev–Trinajstić information content (AvgIpc) is 2.65. The van der Waals surface area contributed by atoms with E-state index >= 15 is 0 Å². The standard InChI is InChI=1S/C14H17NO/c1-3-15-9-12-11-6-4-5-7-13(11)16-14(12)8-10(15)2/h4-7,10H,3,8-9H2,1-2H3/t10-/m1/s1. The first-order valence-electron chi connectivity index (χ1n) is 6.03. The van der Waals surface area contributed by atoms with E-state index in [-0.39, 0.29) is 0 Å². The fourth-order valence-electron chi connectivity index (χ4n) is 2.67. The number of nitrogens with zero attached hydrogens (tertiary/aromatic N) is 1. The van der Waals surface area contributed by atoms with Crippen molar-refractivity contribution in [3.05, 3.63) is 35.6 Å². The Morgan fingerprint density at radius 2 is 2.19 bits per heavy atom. The molecule has 0 radical (unpaired) electrons. The van der Waals surface area contributed by atoms with Crippen LogP contribution in [0.5, 0.6) is 0 Å². The molecule has 84 valence electrons. The van der Waals surface area contributed by atoms with E-state index in [0.29, 0.717) is 6.04 Å². The van der Waals surface area contributed by atoms with Gasteiger partial charge in [0.2, 0.25) is 0 Å². The van der Waals surface area contributed by atoms with Crippen molar-refractivity contribution in [2.45, 2.75) is 32.9 Å². The third kappa shape index (κ3) is 1.37. The molecule has 2 heteroatoms. The number of fused-ring (bicyclic) bond motifs is 3. The van der Waals surface area contributed by atoms with Crippen LogP contribution in [0.15, 0.2) is 28.7 Å². The minimum atomic E-state index is 0.595. The Kier molecular flexibility index (Phi) is 2.25. The lowest BCUT2D eigenvalue weighted by atomic mass is 10.00. The Hall–Kier alpha value is -1.28. The Morgan fingerprint density at radius 3 is 3.00 bits per heavy atom. The van der Waals surface area contributed by atoms with Gasteiger partial charge in [-0.25, -0.2) is 0 Å². The summed E-state index contributed by atoms with van der Waals surface area (Å²) in [6.07, 6.45) is 1.04. The molecule has 1 aromatic carbocycles. The third-order valence-corrected chi connectivity index (χ3v) is 3.65. The molecule has 0 bridgehead atoms. The lowest BCUT2D eigenvalue weighted by Gasteiger charge is -2.31. The summed E-state index contributed by atoms with van der Waals surface area (Å²) in [5.41, 5.74) is 2.44. The molecule has 2 nitrogen and oxygen atoms in total. The van der Waals surface area contributed by atoms with Crippen molar-refractivity contribution in [2.75, 3.05) is 6.54 Å². The summed E-state index contributed by atoms with van der Waals surface area (Å²) in [6, 6.07) is 8.96. The minimum absolute atomic E-state index is 0.595. The van der Waals surface area contributed by atoms with Gasteiger partial charge in [-0.1, -0.05) is 25.1 Å². The maximum Gasteiger partial charge on any atom is 0.134 e. The van der Waals surface area contributed by atoms with Crippen molar-refractivity contribution in [3.8, 4) is 0 Å². The highest BCUT2D eigenvalue weighted by Crippen LogP contribution is 2.32. The van der Waals surface area contributed by atoms with Crippen molar-refractivity contribution >= 4 is 11.0 Å². The molecule has 2 heterocycles. The molecule has 0 N–H and O–H groups in total. The van der Waals surface area contributed by atoms with Gasteiger partial charge in [0.25, 0.3) is 0 Å². The first-order chi connectivity index (χ1) is 7.79. The van der Waals surface area contributed by atoms with E-state index in [1.54, 1.807) is 0 Å². The van der Waals surface area contributed by atoms with Gasteiger partial charge in [-0.2, -0.15) is 0 Å². The molecular weight excluding hydrogens is 198 g/mol. The van der Waals surface area contributed by atoms with Crippen molar-refractivity contribution in [1.82, 2.24) is 4.90 Å². The van der Waals surface area contributed by atoms with Gasteiger partial charge in [0.1, 0.15) is 11.3 Å². The maximum absolute atomic E-state index is 5.93. The van der Waals surface area contributed by atoms with Gasteiger partial charge in [0.15, 0.2) is 0 Å². The molecule has 3 rings (SSSR count). The Balaban J connectivity index is 2.13. The smallest absolute Gasteiger partial charge is 0.134 e. The summed E-state index contributed by atoms with van der Waals surface area (Å²) in [5.74, 6) is 1.19. The monoisotopic (exact) mass is 215 g/mol. The number of para-hydroxylation sites is 1. The third-order valence-electron chi connectivity index (χ3n) is 3.65. The van der Waals surface area contributed by atoms with Gasteiger partial charge in [0, 0.05) is 30.0 Å². The highest BCUT2D eigenvalue weighted by Gasteiger charge is 2.26. The number of furan rings is 1. The molecule has 0 aliphatic carbocycles. The van der Waals surface area contributed by atoms with Crippen molar-refractivity contribution in [3.63, 3.8) is 0 Å². The summed E-state index contributed by atoms with van der Waals surface area (Å²) < 4.78 is 5.93. The predicted molar refractivity (Wildman–Crippen MR) is 65.5 cm³/mol. The molecular formula is C14H17NO. The predicted octanol–water partition coefficient (Wildman–Crippen LogP) is 3.20. The molecule has 16 heavy (non-hydrogen) atoms. The quantitative estimate of drug-likeness (QED) is 0.726. The maximum atomic E-state index is 5.93. The lowest BCUT2D eigenvalue weighted by molar-refractivity contribution is 0.185. The molecule has 1 aliphatic rings. The zero-order valence-electron chi connectivity index (χ0n) is 9.86. The average molecular weight is 215 g/mol. The van der Waals surface area contributed by atoms with Crippen LogP contribution < -0.4 is 0 Å². The van der Waals surface area contributed by atoms with Crippen LogP contribution in [0.3, 0.4) is 0 Å². The van der Waals surface area contributed by atoms with Crippen LogP contribution in [0, 0.1) is 0 Å². The number of rotatable bonds is 1. The molecule has 1 aliphatic heterocycles. The first-order valence-corrected chi connectivity index (χ1v) is 6.03. The van der Waals surface area contributed by atoms with E-state index < -0.39 is 0 Å². The van der Waals surface area contributed by atoms with E-state index in [2.05, 4.69) is 36.9 Å². The minimum Gasteiger partial charge on any atom is -0.461 e. The van der Waals surface area contributed by atoms with Crippen LogP contribution in [0.25, 0.3) is 11.0 Å². The molecule has 0 amide bonds. The second-order valence-electron chi connectivity index (χ2n) is 4.62. The molecule has 2 aromatic rings. The van der Waals surface area contributed by atoms with Crippen LogP contribution in [0.1, 0.15) is 25.2 Å². The summed E-state index contributed by atoms with van der Waals surface area (Å²) in [4.78, 5) is 2.50. The van der Waals surface area contributed by atoms with Crippen molar-refractivity contribution in [2.24, 2.45) is 0 Å². The Morgan fingerprint density at radius 1 is 1.38 bits per heavy atom. The summed E-state index contributed by atoms with van der Waals surface area (Å²) in [6.45, 7) is 6.65. The summed E-state index contributed by atoms with van der Waals surface area (Å²) >= 11 is 0. The number of benzene rings is 1. The van der Waals surface area contributed by atoms with Crippen LogP contribution in [0.2, 0.25) is 0 Å². The fraction of sp³-hybridized carbons (Fsp3) is 0.429. The largest absolute Gasteiger partial charge is 0.461 e. The van der Waals surface area contributed by atoms with E-state index in [9.17, 15) is 0 Å². The Bertz CT molecular complexity index is 514. The van der Waals surface area contributed by atoms with Crippen LogP contribution in [-0.2, 0) is 13.0 Å². The first kappa shape index (κ1) is 9.91. The zero-order valence-corrected chi connectivity index (χ0v) is 9.86. The summed E-state index contributed by atoms with van der Waals surface area (Å²) in [5, 5.41) is 1.29. The normalized spacial score (nSPS) is 21.2. The molecule has 0 spiro atoms. The number of hydrogen-bond acceptors (Lipinski definition) is 2. The number of hydrogen-bond donors (Lipinski definition) is 0. The zero-order chi connectivity index (χ0) is 11.1. The Labute approximate surface area is 95.9 Å². The van der Waals surface area contributed by atoms with E-state index in [1.807, 2.05) is 6.07 Å². The van der Waals surface area contributed by atoms with E-state index in [4.69, 9.17) is 4.42 Å². The fourth-order valence-corrected chi connectivity index (χ4v) is 2.67. The lowest BCUT2D eigenvalue weighted by Crippen LogP contribution is -2.37. The second kappa shape index (κ2) is 3.63. The highest BCUT2D eigenvalue weighted by molar-refractivity contribution is 5.82. The molecule has 0 saturated carbocycles. The van der Waals surface area contributed by atoms with E-state index in [0.717, 1.165) is 25.1 Å². The van der Waals surface area contributed by atoms with Gasteiger partial charge in [-0.3, -0.25) is 4.90 Å². The molecule has 1 aromatic heterocycles. The van der Waals surface area contributed by atoms with Gasteiger partial charge in [-0.05, 0) is 19.5 Å². The van der Waals surface area contributed by atoms with Gasteiger partial charge in [-0.15, -0.1) is 0 Å². The SMILES string of the molecule is CCN1Cc2c(oc3ccccc23)C[C@H]1C. The second-order valence-corrected chi connectivity index (χ2v) is 4.62. The van der Waals surface area contributed by atoms with Crippen molar-refractivity contribution in [1.29, 1.82) is 0 Å². The van der Waals surface area contributed by atoms with E-state index in [1.165, 1.54) is 16.7 Å². The molecule has 0 unspecified atom stereocenters. The van der Waals surface area contributed by atoms with Gasteiger partial charge >= 0.3 is 0 Å².